The molecule has 1 aromatic rings. The number of nitrogens with one attached hydrogen (secondary N) is 1. The van der Waals surface area contributed by atoms with Crippen molar-refractivity contribution in [1.82, 2.24) is 0 Å². The van der Waals surface area contributed by atoms with Gasteiger partial charge in [0.15, 0.2) is 0 Å². The topological polar surface area (TPSA) is 32.3 Å². The van der Waals surface area contributed by atoms with Gasteiger partial charge in [0.05, 0.1) is 17.9 Å². The van der Waals surface area contributed by atoms with Crippen LogP contribution in [0.3, 0.4) is 0 Å². The molecule has 3 nitrogen and oxygen atoms in total. The van der Waals surface area contributed by atoms with Crippen molar-refractivity contribution < 1.29 is 9.18 Å². The minimum absolute atomic E-state index is 0.0931. The predicted molar refractivity (Wildman–Crippen MR) is 62.2 cm³/mol. The maximum atomic E-state index is 13.4. The number of fused-ring (bicyclic) bond motifs is 1. The number of rotatable bonds is 1. The van der Waals surface area contributed by atoms with Gasteiger partial charge in [0.25, 0.3) is 0 Å². The van der Waals surface area contributed by atoms with Crippen LogP contribution in [-0.4, -0.2) is 18.5 Å². The quantitative estimate of drug-likeness (QED) is 0.790. The molecule has 0 bridgehead atoms. The van der Waals surface area contributed by atoms with E-state index in [4.69, 9.17) is 0 Å². The fourth-order valence-corrected chi connectivity index (χ4v) is 1.89. The second kappa shape index (κ2) is 3.77. The van der Waals surface area contributed by atoms with Crippen LogP contribution in [0.15, 0.2) is 12.1 Å². The monoisotopic (exact) mass is 222 g/mol. The number of nitrogens with zero attached hydrogens (tertiary/aromatic N) is 1. The van der Waals surface area contributed by atoms with Gasteiger partial charge < -0.3 is 10.2 Å². The van der Waals surface area contributed by atoms with Crippen molar-refractivity contribution in [2.75, 3.05) is 16.8 Å². The summed E-state index contributed by atoms with van der Waals surface area (Å²) >= 11 is 0. The number of amides is 1. The molecule has 4 heteroatoms. The van der Waals surface area contributed by atoms with E-state index in [0.29, 0.717) is 17.8 Å². The average molecular weight is 222 g/mol. The van der Waals surface area contributed by atoms with Crippen LogP contribution < -0.4 is 10.2 Å². The highest BCUT2D eigenvalue weighted by Gasteiger charge is 2.24. The Morgan fingerprint density at radius 2 is 2.12 bits per heavy atom. The van der Waals surface area contributed by atoms with Crippen molar-refractivity contribution in [3.63, 3.8) is 0 Å². The third-order valence-electron chi connectivity index (χ3n) is 2.80. The molecule has 0 aromatic heterocycles. The first-order valence-electron chi connectivity index (χ1n) is 5.35. The first-order valence-corrected chi connectivity index (χ1v) is 5.35. The Hall–Kier alpha value is -1.58. The van der Waals surface area contributed by atoms with Crippen LogP contribution in [-0.2, 0) is 4.79 Å². The molecular formula is C12H15FN2O. The minimum atomic E-state index is -0.287. The van der Waals surface area contributed by atoms with Gasteiger partial charge >= 0.3 is 0 Å². The van der Waals surface area contributed by atoms with Crippen LogP contribution in [0.25, 0.3) is 0 Å². The minimum Gasteiger partial charge on any atom is -0.358 e. The summed E-state index contributed by atoms with van der Waals surface area (Å²) < 4.78 is 13.4. The van der Waals surface area contributed by atoms with Gasteiger partial charge in [-0.3, -0.25) is 4.79 Å². The highest BCUT2D eigenvalue weighted by Crippen LogP contribution is 2.32. The lowest BCUT2D eigenvalue weighted by molar-refractivity contribution is -0.115. The normalized spacial score (nSPS) is 15.1. The zero-order chi connectivity index (χ0) is 11.9. The van der Waals surface area contributed by atoms with Crippen molar-refractivity contribution >= 4 is 17.3 Å². The number of anilines is 2. The van der Waals surface area contributed by atoms with Gasteiger partial charge in [-0.05, 0) is 38.5 Å². The lowest BCUT2D eigenvalue weighted by Gasteiger charge is -2.34. The van der Waals surface area contributed by atoms with Gasteiger partial charge in [-0.15, -0.1) is 0 Å². The van der Waals surface area contributed by atoms with Crippen LogP contribution in [0.4, 0.5) is 15.8 Å². The third kappa shape index (κ3) is 1.75. The zero-order valence-corrected chi connectivity index (χ0v) is 9.67. The molecule has 1 aromatic carbocycles. The van der Waals surface area contributed by atoms with Crippen LogP contribution in [0, 0.1) is 12.7 Å². The number of carbonyl (C=O) groups excluding carboxylic acids is 1. The number of halogens is 1. The van der Waals surface area contributed by atoms with E-state index in [2.05, 4.69) is 5.32 Å². The Kier molecular flexibility index (Phi) is 2.58. The largest absolute Gasteiger partial charge is 0.358 e. The van der Waals surface area contributed by atoms with Crippen molar-refractivity contribution in [3.8, 4) is 0 Å². The Bertz CT molecular complexity index is 443. The fourth-order valence-electron chi connectivity index (χ4n) is 1.89. The smallest absolute Gasteiger partial charge is 0.243 e. The van der Waals surface area contributed by atoms with Crippen LogP contribution >= 0.6 is 0 Å². The molecule has 0 saturated heterocycles. The summed E-state index contributed by atoms with van der Waals surface area (Å²) in [5.74, 6) is -0.380. The van der Waals surface area contributed by atoms with Gasteiger partial charge in [0.2, 0.25) is 5.91 Å². The molecule has 1 aliphatic rings. The summed E-state index contributed by atoms with van der Waals surface area (Å²) in [5.41, 5.74) is 2.06. The molecule has 0 unspecified atom stereocenters. The molecule has 1 heterocycles. The maximum absolute atomic E-state index is 13.4. The van der Waals surface area contributed by atoms with Crippen molar-refractivity contribution in [1.29, 1.82) is 0 Å². The molecule has 0 aliphatic carbocycles. The third-order valence-corrected chi connectivity index (χ3v) is 2.80. The average Bonchev–Trinajstić information content (AvgIpc) is 2.19. The van der Waals surface area contributed by atoms with Gasteiger partial charge in [0, 0.05) is 6.04 Å². The summed E-state index contributed by atoms with van der Waals surface area (Å²) in [7, 11) is 0. The summed E-state index contributed by atoms with van der Waals surface area (Å²) in [6.07, 6.45) is 0. The second-order valence-corrected chi connectivity index (χ2v) is 4.39. The summed E-state index contributed by atoms with van der Waals surface area (Å²) in [6.45, 7) is 6.09. The maximum Gasteiger partial charge on any atom is 0.243 e. The number of benzene rings is 1. The van der Waals surface area contributed by atoms with Gasteiger partial charge in [-0.25, -0.2) is 4.39 Å². The molecule has 0 fully saturated rings. The standard InChI is InChI=1S/C12H15FN2O/c1-7(2)15-6-12(16)14-10-5-9(13)8(3)4-11(10)15/h4-5,7H,6H2,1-3H3,(H,14,16). The number of hydrogen-bond acceptors (Lipinski definition) is 2. The number of hydrogen-bond donors (Lipinski definition) is 1. The molecule has 0 radical (unpaired) electrons. The molecule has 1 amide bonds. The van der Waals surface area contributed by atoms with Gasteiger partial charge in [-0.1, -0.05) is 0 Å². The predicted octanol–water partition coefficient (Wildman–Crippen LogP) is 2.30. The molecular weight excluding hydrogens is 207 g/mol. The van der Waals surface area contributed by atoms with E-state index in [1.54, 1.807) is 13.0 Å². The summed E-state index contributed by atoms with van der Waals surface area (Å²) in [4.78, 5) is 13.4. The van der Waals surface area contributed by atoms with E-state index < -0.39 is 0 Å². The molecule has 2 rings (SSSR count). The first kappa shape index (κ1) is 10.9. The fraction of sp³-hybridized carbons (Fsp3) is 0.417. The van der Waals surface area contributed by atoms with Crippen LogP contribution in [0.1, 0.15) is 19.4 Å². The number of aryl methyl sites for hydroxylation is 1. The molecule has 0 atom stereocenters. The molecule has 1 N–H and O–H groups in total. The lowest BCUT2D eigenvalue weighted by Crippen LogP contribution is -2.42. The van der Waals surface area contributed by atoms with Gasteiger partial charge in [0.1, 0.15) is 5.82 Å². The van der Waals surface area contributed by atoms with E-state index in [9.17, 15) is 9.18 Å². The Labute approximate surface area is 94.3 Å². The molecule has 0 spiro atoms. The Balaban J connectivity index is 2.52. The van der Waals surface area contributed by atoms with Crippen LogP contribution in [0.2, 0.25) is 0 Å². The van der Waals surface area contributed by atoms with Crippen molar-refractivity contribution in [2.45, 2.75) is 26.8 Å². The SMILES string of the molecule is Cc1cc2c(cc1F)NC(=O)CN2C(C)C. The van der Waals surface area contributed by atoms with Crippen molar-refractivity contribution in [3.05, 3.63) is 23.5 Å². The summed E-state index contributed by atoms with van der Waals surface area (Å²) in [5, 5.41) is 2.69. The van der Waals surface area contributed by atoms with Gasteiger partial charge in [-0.2, -0.15) is 0 Å². The molecule has 86 valence electrons. The lowest BCUT2D eigenvalue weighted by atomic mass is 10.1. The highest BCUT2D eigenvalue weighted by atomic mass is 19.1. The molecule has 16 heavy (non-hydrogen) atoms. The Morgan fingerprint density at radius 3 is 2.75 bits per heavy atom. The number of carbonyl (C=O) groups is 1. The van der Waals surface area contributed by atoms with E-state index in [1.807, 2.05) is 18.7 Å². The molecule has 0 saturated carbocycles. The highest BCUT2D eigenvalue weighted by molar-refractivity contribution is 6.01. The zero-order valence-electron chi connectivity index (χ0n) is 9.67. The summed E-state index contributed by atoms with van der Waals surface area (Å²) in [6, 6.07) is 3.39. The first-order chi connectivity index (χ1) is 7.49. The Morgan fingerprint density at radius 1 is 1.44 bits per heavy atom. The van der Waals surface area contributed by atoms with Crippen LogP contribution in [0.5, 0.6) is 0 Å². The van der Waals surface area contributed by atoms with E-state index >= 15 is 0 Å². The van der Waals surface area contributed by atoms with E-state index in [0.717, 1.165) is 5.69 Å². The van der Waals surface area contributed by atoms with E-state index in [-0.39, 0.29) is 17.8 Å². The molecule has 1 aliphatic heterocycles. The van der Waals surface area contributed by atoms with E-state index in [1.165, 1.54) is 6.07 Å². The van der Waals surface area contributed by atoms with Crippen molar-refractivity contribution in [2.24, 2.45) is 0 Å². The second-order valence-electron chi connectivity index (χ2n) is 4.39.